The number of amides is 1. The minimum absolute atomic E-state index is 0.175. The molecule has 0 atom stereocenters. The second-order valence-corrected chi connectivity index (χ2v) is 7.40. The number of hydrogen-bond acceptors (Lipinski definition) is 5. The normalized spacial score (nSPS) is 15.1. The van der Waals surface area contributed by atoms with Crippen molar-refractivity contribution in [3.63, 3.8) is 0 Å². The number of hydrogen-bond donors (Lipinski definition) is 1. The van der Waals surface area contributed by atoms with Gasteiger partial charge in [0.1, 0.15) is 5.69 Å². The van der Waals surface area contributed by atoms with E-state index in [9.17, 15) is 4.79 Å². The summed E-state index contributed by atoms with van der Waals surface area (Å²) in [5.41, 5.74) is 3.37. The largest absolute Gasteiger partial charge is 0.368 e. The third kappa shape index (κ3) is 3.19. The first-order valence-electron chi connectivity index (χ1n) is 9.73. The topological polar surface area (TPSA) is 65.8 Å². The molecule has 4 heterocycles. The van der Waals surface area contributed by atoms with Crippen LogP contribution >= 0.6 is 0 Å². The lowest BCUT2D eigenvalue weighted by Gasteiger charge is -2.34. The van der Waals surface area contributed by atoms with Gasteiger partial charge in [-0.2, -0.15) is 0 Å². The summed E-state index contributed by atoms with van der Waals surface area (Å²) >= 11 is 0. The number of carbonyl (C=O) groups is 1. The average Bonchev–Trinajstić information content (AvgIpc) is 3.24. The number of likely N-dealkylation sites (N-methyl/N-ethyl adjacent to an activating group) is 1. The van der Waals surface area contributed by atoms with Crippen LogP contribution in [-0.2, 0) is 0 Å². The van der Waals surface area contributed by atoms with Gasteiger partial charge in [-0.1, -0.05) is 6.07 Å². The summed E-state index contributed by atoms with van der Waals surface area (Å²) in [4.78, 5) is 26.2. The third-order valence-corrected chi connectivity index (χ3v) is 5.57. The lowest BCUT2D eigenvalue weighted by atomic mass is 10.1. The van der Waals surface area contributed by atoms with Crippen molar-refractivity contribution in [2.24, 2.45) is 0 Å². The monoisotopic (exact) mass is 386 g/mol. The van der Waals surface area contributed by atoms with Crippen molar-refractivity contribution in [1.29, 1.82) is 0 Å². The Morgan fingerprint density at radius 2 is 1.83 bits per heavy atom. The summed E-state index contributed by atoms with van der Waals surface area (Å²) in [5.74, 6) is -0.175. The van der Waals surface area contributed by atoms with E-state index in [0.29, 0.717) is 5.69 Å². The molecule has 1 amide bonds. The smallest absolute Gasteiger partial charge is 0.272 e. The standard InChI is InChI=1S/C22H22N6O/c1-26-9-11-27(12-10-26)20-6-5-19(18-14-23-8-7-17(18)20)25-22(29)21-4-2-3-16-13-24-15-28(16)21/h2-8,13-15H,9-12H2,1H3,(H,25,29). The van der Waals surface area contributed by atoms with E-state index in [1.165, 1.54) is 5.69 Å². The highest BCUT2D eigenvalue weighted by Crippen LogP contribution is 2.32. The van der Waals surface area contributed by atoms with Gasteiger partial charge in [0.15, 0.2) is 0 Å². The van der Waals surface area contributed by atoms with Gasteiger partial charge in [0, 0.05) is 55.0 Å². The predicted molar refractivity (Wildman–Crippen MR) is 115 cm³/mol. The molecule has 1 aliphatic rings. The van der Waals surface area contributed by atoms with E-state index >= 15 is 0 Å². The summed E-state index contributed by atoms with van der Waals surface area (Å²) in [6.45, 7) is 4.06. The van der Waals surface area contributed by atoms with Gasteiger partial charge in [-0.3, -0.25) is 14.2 Å². The van der Waals surface area contributed by atoms with Crippen molar-refractivity contribution in [2.45, 2.75) is 0 Å². The Hall–Kier alpha value is -3.45. The zero-order valence-corrected chi connectivity index (χ0v) is 16.2. The van der Waals surface area contributed by atoms with Crippen LogP contribution in [0.5, 0.6) is 0 Å². The molecule has 7 nitrogen and oxygen atoms in total. The molecular formula is C22H22N6O. The molecule has 3 aromatic heterocycles. The number of anilines is 2. The third-order valence-electron chi connectivity index (χ3n) is 5.57. The van der Waals surface area contributed by atoms with E-state index in [-0.39, 0.29) is 5.91 Å². The minimum atomic E-state index is -0.175. The maximum atomic E-state index is 13.0. The Kier molecular flexibility index (Phi) is 4.37. The van der Waals surface area contributed by atoms with Crippen LogP contribution in [0.1, 0.15) is 10.5 Å². The number of imidazole rings is 1. The van der Waals surface area contributed by atoms with E-state index < -0.39 is 0 Å². The van der Waals surface area contributed by atoms with Gasteiger partial charge in [-0.15, -0.1) is 0 Å². The van der Waals surface area contributed by atoms with Gasteiger partial charge in [0.25, 0.3) is 5.91 Å². The molecule has 1 saturated heterocycles. The average molecular weight is 386 g/mol. The molecule has 5 rings (SSSR count). The van der Waals surface area contributed by atoms with Crippen molar-refractivity contribution in [1.82, 2.24) is 19.3 Å². The number of rotatable bonds is 3. The highest BCUT2D eigenvalue weighted by molar-refractivity contribution is 6.10. The van der Waals surface area contributed by atoms with E-state index in [4.69, 9.17) is 0 Å². The molecule has 1 fully saturated rings. The molecular weight excluding hydrogens is 364 g/mol. The molecule has 29 heavy (non-hydrogen) atoms. The molecule has 146 valence electrons. The fourth-order valence-corrected chi connectivity index (χ4v) is 3.93. The second kappa shape index (κ2) is 7.18. The predicted octanol–water partition coefficient (Wildman–Crippen LogP) is 2.89. The van der Waals surface area contributed by atoms with Gasteiger partial charge in [-0.25, -0.2) is 4.98 Å². The van der Waals surface area contributed by atoms with Crippen molar-refractivity contribution in [3.05, 3.63) is 67.0 Å². The van der Waals surface area contributed by atoms with Crippen LogP contribution in [0.3, 0.4) is 0 Å². The van der Waals surface area contributed by atoms with Crippen LogP contribution in [0.2, 0.25) is 0 Å². The second-order valence-electron chi connectivity index (χ2n) is 7.40. The van der Waals surface area contributed by atoms with E-state index in [1.54, 1.807) is 29.2 Å². The van der Waals surface area contributed by atoms with Gasteiger partial charge in [0.2, 0.25) is 0 Å². The van der Waals surface area contributed by atoms with Gasteiger partial charge in [0.05, 0.1) is 23.7 Å². The van der Waals surface area contributed by atoms with Crippen LogP contribution in [0.15, 0.2) is 61.3 Å². The summed E-state index contributed by atoms with van der Waals surface area (Å²) < 4.78 is 1.79. The Morgan fingerprint density at radius 1 is 0.966 bits per heavy atom. The number of fused-ring (bicyclic) bond motifs is 2. The highest BCUT2D eigenvalue weighted by Gasteiger charge is 2.18. The lowest BCUT2D eigenvalue weighted by molar-refractivity contribution is 0.102. The zero-order chi connectivity index (χ0) is 19.8. The maximum Gasteiger partial charge on any atom is 0.272 e. The van der Waals surface area contributed by atoms with Crippen LogP contribution in [-0.4, -0.2) is 58.4 Å². The van der Waals surface area contributed by atoms with Gasteiger partial charge in [-0.05, 0) is 37.4 Å². The fraction of sp³-hybridized carbons (Fsp3) is 0.227. The number of nitrogens with zero attached hydrogens (tertiary/aromatic N) is 5. The molecule has 0 bridgehead atoms. The number of aromatic nitrogens is 3. The Bertz CT molecular complexity index is 1190. The Labute approximate surface area is 168 Å². The number of pyridine rings is 2. The first-order valence-corrected chi connectivity index (χ1v) is 9.73. The molecule has 1 N–H and O–H groups in total. The number of benzene rings is 1. The van der Waals surface area contributed by atoms with Crippen LogP contribution in [0, 0.1) is 0 Å². The Morgan fingerprint density at radius 3 is 2.69 bits per heavy atom. The van der Waals surface area contributed by atoms with Crippen molar-refractivity contribution in [2.75, 3.05) is 43.4 Å². The molecule has 0 aliphatic carbocycles. The number of nitrogens with one attached hydrogen (secondary N) is 1. The molecule has 1 aromatic carbocycles. The minimum Gasteiger partial charge on any atom is -0.368 e. The quantitative estimate of drug-likeness (QED) is 0.587. The van der Waals surface area contributed by atoms with Gasteiger partial charge < -0.3 is 15.1 Å². The van der Waals surface area contributed by atoms with Crippen molar-refractivity contribution < 1.29 is 4.79 Å². The molecule has 0 spiro atoms. The molecule has 4 aromatic rings. The summed E-state index contributed by atoms with van der Waals surface area (Å²) in [6, 6.07) is 11.7. The Balaban J connectivity index is 1.50. The summed E-state index contributed by atoms with van der Waals surface area (Å²) in [6.07, 6.45) is 7.02. The number of piperazine rings is 1. The highest BCUT2D eigenvalue weighted by atomic mass is 16.1. The lowest BCUT2D eigenvalue weighted by Crippen LogP contribution is -2.44. The SMILES string of the molecule is CN1CCN(c2ccc(NC(=O)c3cccc4cncn34)c3cnccc23)CC1. The van der Waals surface area contributed by atoms with Crippen LogP contribution in [0.25, 0.3) is 16.3 Å². The van der Waals surface area contributed by atoms with E-state index in [0.717, 1.165) is 48.2 Å². The zero-order valence-electron chi connectivity index (χ0n) is 16.2. The van der Waals surface area contributed by atoms with E-state index in [2.05, 4.69) is 38.2 Å². The van der Waals surface area contributed by atoms with E-state index in [1.807, 2.05) is 30.5 Å². The molecule has 0 saturated carbocycles. The van der Waals surface area contributed by atoms with Crippen LogP contribution in [0.4, 0.5) is 11.4 Å². The van der Waals surface area contributed by atoms with Crippen molar-refractivity contribution in [3.8, 4) is 0 Å². The van der Waals surface area contributed by atoms with Crippen LogP contribution < -0.4 is 10.2 Å². The first kappa shape index (κ1) is 17.6. The van der Waals surface area contributed by atoms with Crippen molar-refractivity contribution >= 4 is 33.6 Å². The van der Waals surface area contributed by atoms with Gasteiger partial charge >= 0.3 is 0 Å². The first-order chi connectivity index (χ1) is 14.2. The summed E-state index contributed by atoms with van der Waals surface area (Å²) in [7, 11) is 2.15. The summed E-state index contributed by atoms with van der Waals surface area (Å²) in [5, 5.41) is 5.11. The molecule has 0 radical (unpaired) electrons. The number of carbonyl (C=O) groups excluding carboxylic acids is 1. The molecule has 7 heteroatoms. The fourth-order valence-electron chi connectivity index (χ4n) is 3.93. The molecule has 0 unspecified atom stereocenters. The molecule has 1 aliphatic heterocycles. The maximum absolute atomic E-state index is 13.0.